The molecule has 0 saturated carbocycles. The monoisotopic (exact) mass is 426 g/mol. The van der Waals surface area contributed by atoms with Crippen LogP contribution in [0.1, 0.15) is 26.3 Å². The summed E-state index contributed by atoms with van der Waals surface area (Å²) in [6, 6.07) is 3.37. The summed E-state index contributed by atoms with van der Waals surface area (Å²) in [5, 5.41) is 0.961. The molecule has 152 valence electrons. The van der Waals surface area contributed by atoms with Crippen LogP contribution in [-0.4, -0.2) is 55.4 Å². The van der Waals surface area contributed by atoms with Gasteiger partial charge in [0.15, 0.2) is 23.3 Å². The molecule has 28 heavy (non-hydrogen) atoms. The molecule has 1 saturated heterocycles. The molecule has 1 aromatic carbocycles. The van der Waals surface area contributed by atoms with E-state index >= 15 is 0 Å². The van der Waals surface area contributed by atoms with Gasteiger partial charge in [0, 0.05) is 13.1 Å². The summed E-state index contributed by atoms with van der Waals surface area (Å²) in [7, 11) is 1.28. The number of rotatable bonds is 8. The first-order valence-corrected chi connectivity index (χ1v) is 10.1. The lowest BCUT2D eigenvalue weighted by atomic mass is 10.1. The second-order valence-corrected chi connectivity index (χ2v) is 6.96. The summed E-state index contributed by atoms with van der Waals surface area (Å²) in [5.74, 6) is 0.0146. The van der Waals surface area contributed by atoms with Crippen molar-refractivity contribution in [3.8, 4) is 11.5 Å². The molecule has 0 atom stereocenters. The smallest absolute Gasteiger partial charge is 0.343 e. The van der Waals surface area contributed by atoms with Gasteiger partial charge in [-0.2, -0.15) is 0 Å². The van der Waals surface area contributed by atoms with Crippen LogP contribution in [0, 0.1) is 0 Å². The number of methoxy groups -OCH3 is 1. The number of aliphatic imine (C=N–C) groups is 1. The van der Waals surface area contributed by atoms with Crippen LogP contribution in [0.5, 0.6) is 11.5 Å². The predicted octanol–water partition coefficient (Wildman–Crippen LogP) is 3.60. The molecule has 0 N–H and O–H groups in total. The third-order valence-electron chi connectivity index (χ3n) is 3.69. The minimum Gasteiger partial charge on any atom is -0.490 e. The highest BCUT2D eigenvalue weighted by atomic mass is 35.5. The predicted molar refractivity (Wildman–Crippen MR) is 111 cm³/mol. The summed E-state index contributed by atoms with van der Waals surface area (Å²) >= 11 is 7.67. The number of ether oxygens (including phenoxy) is 3. The van der Waals surface area contributed by atoms with Crippen molar-refractivity contribution in [2.24, 2.45) is 4.99 Å². The molecule has 1 heterocycles. The van der Waals surface area contributed by atoms with E-state index in [-0.39, 0.29) is 23.3 Å². The summed E-state index contributed by atoms with van der Waals surface area (Å²) in [5.41, 5.74) is 0.684. The number of hydrogen-bond acceptors (Lipinski definition) is 7. The largest absolute Gasteiger partial charge is 0.490 e. The maximum Gasteiger partial charge on any atom is 0.343 e. The molecule has 0 spiro atoms. The van der Waals surface area contributed by atoms with Gasteiger partial charge in [0.1, 0.15) is 0 Å². The average molecular weight is 427 g/mol. The molecule has 1 amide bonds. The lowest BCUT2D eigenvalue weighted by molar-refractivity contribution is -0.142. The molecule has 0 radical (unpaired) electrons. The van der Waals surface area contributed by atoms with E-state index in [1.807, 2.05) is 20.8 Å². The maximum absolute atomic E-state index is 12.6. The zero-order valence-corrected chi connectivity index (χ0v) is 17.9. The number of amidine groups is 1. The van der Waals surface area contributed by atoms with Gasteiger partial charge in [-0.3, -0.25) is 14.7 Å². The summed E-state index contributed by atoms with van der Waals surface area (Å²) in [4.78, 5) is 30.5. The summed E-state index contributed by atoms with van der Waals surface area (Å²) in [6.45, 7) is 6.91. The number of halogens is 1. The van der Waals surface area contributed by atoms with Crippen LogP contribution in [0.25, 0.3) is 6.08 Å². The van der Waals surface area contributed by atoms with Crippen LogP contribution >= 0.6 is 23.4 Å². The Morgan fingerprint density at radius 1 is 1.29 bits per heavy atom. The first-order chi connectivity index (χ1) is 13.4. The third-order valence-corrected chi connectivity index (χ3v) is 5.01. The Morgan fingerprint density at radius 3 is 2.64 bits per heavy atom. The van der Waals surface area contributed by atoms with Crippen LogP contribution in [0.4, 0.5) is 0 Å². The molecule has 9 heteroatoms. The fourth-order valence-electron chi connectivity index (χ4n) is 2.46. The molecule has 1 aliphatic rings. The highest BCUT2D eigenvalue weighted by Crippen LogP contribution is 2.39. The highest BCUT2D eigenvalue weighted by Gasteiger charge is 2.32. The van der Waals surface area contributed by atoms with E-state index in [2.05, 4.69) is 9.73 Å². The maximum atomic E-state index is 12.6. The number of benzene rings is 1. The van der Waals surface area contributed by atoms with Gasteiger partial charge in [-0.25, -0.2) is 4.79 Å². The van der Waals surface area contributed by atoms with Crippen LogP contribution in [0.15, 0.2) is 22.0 Å². The molecule has 0 aromatic heterocycles. The zero-order valence-electron chi connectivity index (χ0n) is 16.3. The van der Waals surface area contributed by atoms with E-state index in [9.17, 15) is 9.59 Å². The third kappa shape index (κ3) is 5.20. The number of likely N-dealkylation sites (N-methyl/N-ethyl adjacent to an activating group) is 1. The van der Waals surface area contributed by atoms with E-state index in [0.29, 0.717) is 41.1 Å². The van der Waals surface area contributed by atoms with Crippen molar-refractivity contribution in [2.75, 3.05) is 33.4 Å². The van der Waals surface area contributed by atoms with Gasteiger partial charge in [0.05, 0.1) is 23.6 Å². The Morgan fingerprint density at radius 2 is 2.04 bits per heavy atom. The Bertz CT molecular complexity index is 810. The number of thioether (sulfide) groups is 1. The molecule has 7 nitrogen and oxygen atoms in total. The average Bonchev–Trinajstić information content (AvgIpc) is 2.95. The Kier molecular flexibility index (Phi) is 8.19. The van der Waals surface area contributed by atoms with Crippen molar-refractivity contribution >= 4 is 46.5 Å². The van der Waals surface area contributed by atoms with Crippen LogP contribution < -0.4 is 9.47 Å². The minimum atomic E-state index is -0.528. The van der Waals surface area contributed by atoms with Crippen LogP contribution in [-0.2, 0) is 14.3 Å². The van der Waals surface area contributed by atoms with Gasteiger partial charge in [0.25, 0.3) is 5.91 Å². The SMILES string of the molecule is CCN=C1S/C(=C/c2cc(Cl)c(OCC(=O)OC)c(OCC)c2)C(=O)N1CC. The summed E-state index contributed by atoms with van der Waals surface area (Å²) in [6.07, 6.45) is 1.74. The summed E-state index contributed by atoms with van der Waals surface area (Å²) < 4.78 is 15.6. The van der Waals surface area contributed by atoms with Gasteiger partial charge < -0.3 is 14.2 Å². The fraction of sp³-hybridized carbons (Fsp3) is 0.421. The normalized spacial score (nSPS) is 16.8. The molecule has 1 aliphatic heterocycles. The van der Waals surface area contributed by atoms with Gasteiger partial charge in [0.2, 0.25) is 0 Å². The van der Waals surface area contributed by atoms with Gasteiger partial charge in [-0.15, -0.1) is 0 Å². The number of nitrogens with zero attached hydrogens (tertiary/aromatic N) is 2. The van der Waals surface area contributed by atoms with Crippen LogP contribution in [0.2, 0.25) is 5.02 Å². The number of esters is 1. The molecule has 1 aromatic rings. The minimum absolute atomic E-state index is 0.0974. The molecule has 0 aliphatic carbocycles. The molecular weight excluding hydrogens is 404 g/mol. The molecule has 0 unspecified atom stereocenters. The first kappa shape index (κ1) is 22.1. The van der Waals surface area contributed by atoms with E-state index in [1.54, 1.807) is 23.1 Å². The molecular formula is C19H23ClN2O5S. The zero-order chi connectivity index (χ0) is 20.7. The lowest BCUT2D eigenvalue weighted by Gasteiger charge is -2.14. The molecule has 2 rings (SSSR count). The number of hydrogen-bond donors (Lipinski definition) is 0. The van der Waals surface area contributed by atoms with E-state index in [4.69, 9.17) is 21.1 Å². The second-order valence-electron chi connectivity index (χ2n) is 5.54. The lowest BCUT2D eigenvalue weighted by Crippen LogP contribution is -2.28. The Labute approximate surface area is 173 Å². The standard InChI is InChI=1S/C19H23ClN2O5S/c1-5-21-19-22(6-2)18(24)15(28-19)10-12-8-13(20)17(14(9-12)26-7-3)27-11-16(23)25-4/h8-10H,5-7,11H2,1-4H3/b15-10+,21-19?. The first-order valence-electron chi connectivity index (χ1n) is 8.86. The van der Waals surface area contributed by atoms with E-state index in [0.717, 1.165) is 0 Å². The van der Waals surface area contributed by atoms with Gasteiger partial charge in [-0.05, 0) is 56.3 Å². The van der Waals surface area contributed by atoms with Crippen molar-refractivity contribution in [3.05, 3.63) is 27.6 Å². The van der Waals surface area contributed by atoms with Gasteiger partial charge in [-0.1, -0.05) is 11.6 Å². The van der Waals surface area contributed by atoms with Crippen molar-refractivity contribution in [3.63, 3.8) is 0 Å². The number of carbonyl (C=O) groups is 2. The highest BCUT2D eigenvalue weighted by molar-refractivity contribution is 8.18. The van der Waals surface area contributed by atoms with Crippen molar-refractivity contribution in [1.82, 2.24) is 4.90 Å². The van der Waals surface area contributed by atoms with E-state index in [1.165, 1.54) is 18.9 Å². The second kappa shape index (κ2) is 10.4. The van der Waals surface area contributed by atoms with Crippen molar-refractivity contribution < 1.29 is 23.8 Å². The fourth-order valence-corrected chi connectivity index (χ4v) is 3.83. The topological polar surface area (TPSA) is 77.4 Å². The number of carbonyl (C=O) groups excluding carboxylic acids is 2. The van der Waals surface area contributed by atoms with Crippen LogP contribution in [0.3, 0.4) is 0 Å². The molecule has 0 bridgehead atoms. The van der Waals surface area contributed by atoms with Crippen molar-refractivity contribution in [1.29, 1.82) is 0 Å². The quantitative estimate of drug-likeness (QED) is 0.467. The van der Waals surface area contributed by atoms with E-state index < -0.39 is 5.97 Å². The Balaban J connectivity index is 2.36. The van der Waals surface area contributed by atoms with Gasteiger partial charge >= 0.3 is 5.97 Å². The Hall–Kier alpha value is -2.19. The van der Waals surface area contributed by atoms with Crippen molar-refractivity contribution in [2.45, 2.75) is 20.8 Å². The molecule has 1 fully saturated rings. The number of amides is 1.